The van der Waals surface area contributed by atoms with Gasteiger partial charge in [-0.1, -0.05) is 18.2 Å². The number of allylic oxidation sites excluding steroid dienone is 1. The number of hydrogen-bond donors (Lipinski definition) is 2. The van der Waals surface area contributed by atoms with Crippen molar-refractivity contribution in [1.82, 2.24) is 4.98 Å². The van der Waals surface area contributed by atoms with Crippen molar-refractivity contribution < 1.29 is 37.0 Å². The molecule has 4 aromatic rings. The Hall–Kier alpha value is -4.94. The molecule has 0 saturated carbocycles. The van der Waals surface area contributed by atoms with E-state index >= 15 is 0 Å². The molecule has 0 radical (unpaired) electrons. The maximum atomic E-state index is 13.6. The summed E-state index contributed by atoms with van der Waals surface area (Å²) in [5.74, 6) is 0.290. The summed E-state index contributed by atoms with van der Waals surface area (Å²) in [4.78, 5) is 31.0. The lowest BCUT2D eigenvalue weighted by Gasteiger charge is -2.22. The van der Waals surface area contributed by atoms with Gasteiger partial charge in [-0.3, -0.25) is 4.79 Å². The monoisotopic (exact) mass is 617 g/mol. The number of aromatic nitrogens is 1. The van der Waals surface area contributed by atoms with E-state index in [9.17, 15) is 18.0 Å². The highest BCUT2D eigenvalue weighted by atomic mass is 32.2. The number of para-hydroxylation sites is 1. The zero-order valence-electron chi connectivity index (χ0n) is 24.4. The lowest BCUT2D eigenvalue weighted by Crippen LogP contribution is -2.22. The fraction of sp³-hybridized carbons (Fsp3) is 0.219. The van der Waals surface area contributed by atoms with E-state index in [1.54, 1.807) is 21.3 Å². The van der Waals surface area contributed by atoms with Gasteiger partial charge in [0.05, 0.1) is 43.0 Å². The van der Waals surface area contributed by atoms with Crippen molar-refractivity contribution in [1.29, 1.82) is 0 Å². The Bertz CT molecular complexity index is 1860. The third-order valence-electron chi connectivity index (χ3n) is 7.20. The fourth-order valence-electron chi connectivity index (χ4n) is 5.22. The molecule has 1 aromatic heterocycles. The van der Waals surface area contributed by atoms with E-state index < -0.39 is 28.5 Å². The van der Waals surface area contributed by atoms with Crippen LogP contribution in [-0.2, 0) is 26.0 Å². The number of nitrogens with one attached hydrogen (secondary N) is 1. The van der Waals surface area contributed by atoms with E-state index in [4.69, 9.17) is 29.1 Å². The van der Waals surface area contributed by atoms with Crippen LogP contribution in [0.3, 0.4) is 0 Å². The second kappa shape index (κ2) is 12.7. The Balaban J connectivity index is 1.45. The van der Waals surface area contributed by atoms with Gasteiger partial charge >= 0.3 is 5.97 Å². The van der Waals surface area contributed by atoms with E-state index in [1.165, 1.54) is 24.3 Å². The maximum absolute atomic E-state index is 13.6. The van der Waals surface area contributed by atoms with Crippen LogP contribution in [0.5, 0.6) is 17.2 Å². The molecule has 0 fully saturated rings. The summed E-state index contributed by atoms with van der Waals surface area (Å²) in [7, 11) is 0.792. The van der Waals surface area contributed by atoms with Crippen LogP contribution in [0.4, 0.5) is 5.69 Å². The topological polar surface area (TPSA) is 156 Å². The SMILES string of the molecule is COc1cc(/C=C2\CCCc3c2nc2ccccc2c3C(=O)OCC(=O)Nc2ccc(S(N)(=O)=O)cc2)cc(OC)c1OC. The van der Waals surface area contributed by atoms with Crippen molar-refractivity contribution >= 4 is 50.1 Å². The zero-order valence-corrected chi connectivity index (χ0v) is 25.2. The zero-order chi connectivity index (χ0) is 31.4. The second-order valence-corrected chi connectivity index (χ2v) is 11.6. The number of ether oxygens (including phenoxy) is 4. The number of esters is 1. The molecule has 12 heteroatoms. The number of primary sulfonamides is 1. The Morgan fingerprint density at radius 2 is 1.64 bits per heavy atom. The van der Waals surface area contributed by atoms with E-state index in [-0.39, 0.29) is 4.90 Å². The number of anilines is 1. The molecular formula is C32H31N3O8S. The van der Waals surface area contributed by atoms with E-state index in [1.807, 2.05) is 42.5 Å². The van der Waals surface area contributed by atoms with Crippen molar-refractivity contribution in [2.45, 2.75) is 24.2 Å². The van der Waals surface area contributed by atoms with E-state index in [0.29, 0.717) is 51.5 Å². The van der Waals surface area contributed by atoms with Crippen LogP contribution < -0.4 is 24.7 Å². The molecule has 228 valence electrons. The van der Waals surface area contributed by atoms with Crippen LogP contribution in [0.2, 0.25) is 0 Å². The molecule has 5 rings (SSSR count). The highest BCUT2D eigenvalue weighted by Crippen LogP contribution is 2.41. The first-order valence-electron chi connectivity index (χ1n) is 13.6. The minimum Gasteiger partial charge on any atom is -0.493 e. The molecule has 1 aliphatic rings. The molecule has 44 heavy (non-hydrogen) atoms. The number of sulfonamides is 1. The fourth-order valence-corrected chi connectivity index (χ4v) is 5.74. The average molecular weight is 618 g/mol. The lowest BCUT2D eigenvalue weighted by molar-refractivity contribution is -0.119. The van der Waals surface area contributed by atoms with Crippen LogP contribution in [0.1, 0.15) is 40.0 Å². The highest BCUT2D eigenvalue weighted by molar-refractivity contribution is 7.89. The van der Waals surface area contributed by atoms with Gasteiger partial charge in [0.2, 0.25) is 15.8 Å². The summed E-state index contributed by atoms with van der Waals surface area (Å²) < 4.78 is 44.9. The molecule has 0 saturated heterocycles. The number of methoxy groups -OCH3 is 3. The summed E-state index contributed by atoms with van der Waals surface area (Å²) in [5, 5.41) is 8.33. The van der Waals surface area contributed by atoms with Crippen LogP contribution in [0.25, 0.3) is 22.6 Å². The predicted octanol–water partition coefficient (Wildman–Crippen LogP) is 4.58. The summed E-state index contributed by atoms with van der Waals surface area (Å²) in [6.45, 7) is -0.546. The molecule has 0 spiro atoms. The van der Waals surface area contributed by atoms with Gasteiger partial charge in [-0.2, -0.15) is 0 Å². The summed E-state index contributed by atoms with van der Waals surface area (Å²) in [5.41, 5.74) is 4.50. The smallest absolute Gasteiger partial charge is 0.339 e. The third-order valence-corrected chi connectivity index (χ3v) is 8.13. The highest BCUT2D eigenvalue weighted by Gasteiger charge is 2.27. The molecule has 0 unspecified atom stereocenters. The van der Waals surface area contributed by atoms with Crippen LogP contribution in [0, 0.1) is 0 Å². The van der Waals surface area contributed by atoms with E-state index in [0.717, 1.165) is 29.5 Å². The van der Waals surface area contributed by atoms with Gasteiger partial charge < -0.3 is 24.3 Å². The van der Waals surface area contributed by atoms with Gasteiger partial charge in [0.15, 0.2) is 18.1 Å². The number of hydrogen-bond acceptors (Lipinski definition) is 9. The maximum Gasteiger partial charge on any atom is 0.339 e. The van der Waals surface area contributed by atoms with Crippen molar-refractivity contribution in [3.05, 3.63) is 83.0 Å². The number of amides is 1. The van der Waals surface area contributed by atoms with Crippen molar-refractivity contribution in [2.24, 2.45) is 5.14 Å². The van der Waals surface area contributed by atoms with E-state index in [2.05, 4.69) is 5.32 Å². The average Bonchev–Trinajstić information content (AvgIpc) is 3.02. The molecule has 0 aliphatic heterocycles. The number of nitrogens with zero attached hydrogens (tertiary/aromatic N) is 1. The number of carbonyl (C=O) groups is 2. The van der Waals surface area contributed by atoms with Gasteiger partial charge in [0.25, 0.3) is 5.91 Å². The summed E-state index contributed by atoms with van der Waals surface area (Å²) >= 11 is 0. The number of nitrogens with two attached hydrogens (primary N) is 1. The van der Waals surface area contributed by atoms with Gasteiger partial charge in [-0.15, -0.1) is 0 Å². The molecule has 0 atom stereocenters. The first kappa shape index (κ1) is 30.5. The standard InChI is InChI=1S/C32H31N3O8S/c1-40-26-16-19(17-27(41-2)31(26)42-3)15-20-7-6-9-24-29(23-8-4-5-10-25(23)35-30(20)24)32(37)43-18-28(36)34-21-11-13-22(14-12-21)44(33,38)39/h4-5,8,10-17H,6-7,9,18H2,1-3H3,(H,34,36)(H2,33,38,39)/b20-15+. The van der Waals surface area contributed by atoms with Crippen LogP contribution >= 0.6 is 0 Å². The quantitative estimate of drug-likeness (QED) is 0.257. The minimum absolute atomic E-state index is 0.0880. The van der Waals surface area contributed by atoms with Crippen molar-refractivity contribution in [2.75, 3.05) is 33.3 Å². The molecule has 0 bridgehead atoms. The Morgan fingerprint density at radius 3 is 2.27 bits per heavy atom. The molecule has 3 N–H and O–H groups in total. The molecular weight excluding hydrogens is 586 g/mol. The van der Waals surface area contributed by atoms with Gasteiger partial charge in [0.1, 0.15) is 0 Å². The molecule has 1 aliphatic carbocycles. The first-order valence-corrected chi connectivity index (χ1v) is 15.2. The Morgan fingerprint density at radius 1 is 0.955 bits per heavy atom. The third kappa shape index (κ3) is 6.36. The Kier molecular flexibility index (Phi) is 8.83. The largest absolute Gasteiger partial charge is 0.493 e. The van der Waals surface area contributed by atoms with Gasteiger partial charge in [0, 0.05) is 11.1 Å². The van der Waals surface area contributed by atoms with Gasteiger partial charge in [-0.05, 0) is 84.5 Å². The second-order valence-electron chi connectivity index (χ2n) is 10.0. The molecule has 1 amide bonds. The molecule has 11 nitrogen and oxygen atoms in total. The van der Waals surface area contributed by atoms with Gasteiger partial charge in [-0.25, -0.2) is 23.3 Å². The molecule has 1 heterocycles. The van der Waals surface area contributed by atoms with Crippen molar-refractivity contribution in [3.8, 4) is 17.2 Å². The summed E-state index contributed by atoms with van der Waals surface area (Å²) in [6.07, 6.45) is 4.11. The van der Waals surface area contributed by atoms with Crippen molar-refractivity contribution in [3.63, 3.8) is 0 Å². The number of pyridine rings is 1. The number of carbonyl (C=O) groups excluding carboxylic acids is 2. The molecule has 3 aromatic carbocycles. The number of benzene rings is 3. The van der Waals surface area contributed by atoms with Crippen LogP contribution in [-0.4, -0.2) is 53.2 Å². The van der Waals surface area contributed by atoms with Crippen LogP contribution in [0.15, 0.2) is 65.6 Å². The predicted molar refractivity (Wildman–Crippen MR) is 165 cm³/mol. The number of fused-ring (bicyclic) bond motifs is 2. The minimum atomic E-state index is -3.86. The number of rotatable bonds is 9. The summed E-state index contributed by atoms with van der Waals surface area (Å²) in [6, 6.07) is 16.3. The normalized spacial score (nSPS) is 13.7. The Labute approximate surface area is 254 Å². The lowest BCUT2D eigenvalue weighted by atomic mass is 9.86. The first-order chi connectivity index (χ1) is 21.1.